The number of aromatic nitrogens is 1. The highest BCUT2D eigenvalue weighted by molar-refractivity contribution is 5.92. The highest BCUT2D eigenvalue weighted by Crippen LogP contribution is 2.49. The van der Waals surface area contributed by atoms with Gasteiger partial charge in [0.15, 0.2) is 6.29 Å². The Morgan fingerprint density at radius 3 is 2.52 bits per heavy atom. The molecule has 5 nitrogen and oxygen atoms in total. The molecule has 1 aromatic heterocycles. The molecule has 0 amide bonds. The van der Waals surface area contributed by atoms with Crippen LogP contribution in [0.4, 0.5) is 0 Å². The van der Waals surface area contributed by atoms with E-state index in [0.717, 1.165) is 25.9 Å². The van der Waals surface area contributed by atoms with Crippen molar-refractivity contribution in [1.29, 1.82) is 10.5 Å². The smallest absolute Gasteiger partial charge is 0.162 e. The second-order valence-corrected chi connectivity index (χ2v) is 6.37. The van der Waals surface area contributed by atoms with Crippen molar-refractivity contribution in [1.82, 2.24) is 9.88 Å². The van der Waals surface area contributed by atoms with Crippen molar-refractivity contribution in [2.45, 2.75) is 32.1 Å². The van der Waals surface area contributed by atoms with Crippen LogP contribution >= 0.6 is 0 Å². The minimum atomic E-state index is 0.115. The topological polar surface area (TPSA) is 80.8 Å². The monoisotopic (exact) mass is 306 g/mol. The van der Waals surface area contributed by atoms with Crippen LogP contribution in [0.25, 0.3) is 5.70 Å². The zero-order chi connectivity index (χ0) is 16.3. The zero-order valence-electron chi connectivity index (χ0n) is 13.0. The van der Waals surface area contributed by atoms with Crippen molar-refractivity contribution in [3.63, 3.8) is 0 Å². The summed E-state index contributed by atoms with van der Waals surface area (Å²) >= 11 is 0. The lowest BCUT2D eigenvalue weighted by Crippen LogP contribution is -2.43. The van der Waals surface area contributed by atoms with E-state index in [1.807, 2.05) is 12.1 Å². The fourth-order valence-corrected chi connectivity index (χ4v) is 3.66. The molecule has 0 bridgehead atoms. The van der Waals surface area contributed by atoms with Crippen LogP contribution in [-0.2, 0) is 4.79 Å². The van der Waals surface area contributed by atoms with Crippen molar-refractivity contribution in [3.05, 3.63) is 35.2 Å². The van der Waals surface area contributed by atoms with Gasteiger partial charge in [-0.1, -0.05) is 6.42 Å². The van der Waals surface area contributed by atoms with Gasteiger partial charge in [-0.3, -0.25) is 4.79 Å². The molecule has 0 N–H and O–H groups in total. The van der Waals surface area contributed by atoms with E-state index in [2.05, 4.69) is 9.88 Å². The third-order valence-corrected chi connectivity index (χ3v) is 5.20. The van der Waals surface area contributed by atoms with Gasteiger partial charge in [0.1, 0.15) is 23.4 Å². The Morgan fingerprint density at radius 1 is 1.26 bits per heavy atom. The maximum absolute atomic E-state index is 11.4. The predicted molar refractivity (Wildman–Crippen MR) is 84.6 cm³/mol. The lowest BCUT2D eigenvalue weighted by molar-refractivity contribution is -0.104. The average molecular weight is 306 g/mol. The highest BCUT2D eigenvalue weighted by atomic mass is 16.1. The Kier molecular flexibility index (Phi) is 4.12. The summed E-state index contributed by atoms with van der Waals surface area (Å²) in [6.45, 7) is 1.69. The van der Waals surface area contributed by atoms with E-state index in [4.69, 9.17) is 5.26 Å². The summed E-state index contributed by atoms with van der Waals surface area (Å²) in [6, 6.07) is 7.41. The van der Waals surface area contributed by atoms with Crippen molar-refractivity contribution in [2.75, 3.05) is 13.1 Å². The molecule has 1 aliphatic heterocycles. The van der Waals surface area contributed by atoms with Gasteiger partial charge in [0, 0.05) is 24.8 Å². The predicted octanol–water partition coefficient (Wildman–Crippen LogP) is 2.65. The third-order valence-electron chi connectivity index (χ3n) is 5.20. The van der Waals surface area contributed by atoms with Crippen molar-refractivity contribution >= 4 is 12.0 Å². The molecule has 116 valence electrons. The number of carbonyl (C=O) groups is 1. The van der Waals surface area contributed by atoms with Crippen LogP contribution in [0.3, 0.4) is 0 Å². The third kappa shape index (κ3) is 2.83. The maximum Gasteiger partial charge on any atom is 0.162 e. The molecule has 1 spiro atoms. The van der Waals surface area contributed by atoms with E-state index < -0.39 is 0 Å². The number of hydrogen-bond acceptors (Lipinski definition) is 5. The SMILES string of the molecule is N#C/C(C=O)=C(/c1ccnc(C#N)c1)N1CCC2(CCC2)CC1. The van der Waals surface area contributed by atoms with Crippen LogP contribution in [0.5, 0.6) is 0 Å². The number of nitriles is 2. The van der Waals surface area contributed by atoms with Gasteiger partial charge in [0.25, 0.3) is 0 Å². The number of hydrogen-bond donors (Lipinski definition) is 0. The minimum absolute atomic E-state index is 0.115. The lowest BCUT2D eigenvalue weighted by Gasteiger charge is -2.49. The first-order valence-electron chi connectivity index (χ1n) is 7.92. The standard InChI is InChI=1S/C18H18N4O/c19-11-15(13-23)17(14-2-7-21-16(10-14)12-20)22-8-5-18(6-9-22)3-1-4-18/h2,7,10,13H,1,3-6,8-9H2/b17-15+. The molecule has 0 aromatic carbocycles. The van der Waals surface area contributed by atoms with Gasteiger partial charge in [-0.25, -0.2) is 4.98 Å². The van der Waals surface area contributed by atoms with Crippen molar-refractivity contribution in [3.8, 4) is 12.1 Å². The Morgan fingerprint density at radius 2 is 2.00 bits per heavy atom. The number of pyridine rings is 1. The molecule has 3 rings (SSSR count). The first kappa shape index (κ1) is 15.2. The van der Waals surface area contributed by atoms with Gasteiger partial charge in [-0.15, -0.1) is 0 Å². The molecule has 1 aromatic rings. The number of allylic oxidation sites excluding steroid dienone is 1. The molecule has 5 heteroatoms. The molecule has 2 aliphatic rings. The molecular formula is C18H18N4O. The van der Waals surface area contributed by atoms with E-state index in [-0.39, 0.29) is 11.3 Å². The summed E-state index contributed by atoms with van der Waals surface area (Å²) in [5, 5.41) is 18.4. The highest BCUT2D eigenvalue weighted by Gasteiger charge is 2.40. The molecule has 2 heterocycles. The maximum atomic E-state index is 11.4. The van der Waals surface area contributed by atoms with E-state index in [1.54, 1.807) is 18.3 Å². The van der Waals surface area contributed by atoms with Gasteiger partial charge in [0.05, 0.1) is 5.70 Å². The Labute approximate surface area is 135 Å². The zero-order valence-corrected chi connectivity index (χ0v) is 13.0. The quantitative estimate of drug-likeness (QED) is 0.487. The number of carbonyl (C=O) groups excluding carboxylic acids is 1. The summed E-state index contributed by atoms with van der Waals surface area (Å²) in [5.74, 6) is 0. The van der Waals surface area contributed by atoms with E-state index in [9.17, 15) is 10.1 Å². The lowest BCUT2D eigenvalue weighted by atomic mass is 9.63. The Bertz CT molecular complexity index is 724. The molecular weight excluding hydrogens is 288 g/mol. The fourth-order valence-electron chi connectivity index (χ4n) is 3.66. The van der Waals surface area contributed by atoms with Crippen LogP contribution in [0, 0.1) is 28.1 Å². The van der Waals surface area contributed by atoms with Crippen molar-refractivity contribution in [2.24, 2.45) is 5.41 Å². The van der Waals surface area contributed by atoms with Gasteiger partial charge >= 0.3 is 0 Å². The second kappa shape index (κ2) is 6.22. The summed E-state index contributed by atoms with van der Waals surface area (Å²) in [6.07, 6.45) is 8.27. The summed E-state index contributed by atoms with van der Waals surface area (Å²) in [5.41, 5.74) is 2.24. The number of nitrogens with zero attached hydrogens (tertiary/aromatic N) is 4. The number of rotatable bonds is 3. The molecule has 23 heavy (non-hydrogen) atoms. The van der Waals surface area contributed by atoms with Crippen LogP contribution in [-0.4, -0.2) is 29.3 Å². The summed E-state index contributed by atoms with van der Waals surface area (Å²) in [7, 11) is 0. The molecule has 1 saturated heterocycles. The largest absolute Gasteiger partial charge is 0.370 e. The first-order chi connectivity index (χ1) is 11.2. The van der Waals surface area contributed by atoms with E-state index in [0.29, 0.717) is 23.0 Å². The first-order valence-corrected chi connectivity index (χ1v) is 7.92. The molecule has 0 radical (unpaired) electrons. The second-order valence-electron chi connectivity index (χ2n) is 6.37. The summed E-state index contributed by atoms with van der Waals surface area (Å²) < 4.78 is 0. The average Bonchev–Trinajstić information content (AvgIpc) is 2.58. The molecule has 0 unspecified atom stereocenters. The van der Waals surface area contributed by atoms with E-state index >= 15 is 0 Å². The van der Waals surface area contributed by atoms with Gasteiger partial charge in [0.2, 0.25) is 0 Å². The number of aldehydes is 1. The molecule has 0 atom stereocenters. The van der Waals surface area contributed by atoms with E-state index in [1.165, 1.54) is 19.3 Å². The molecule has 1 aliphatic carbocycles. The minimum Gasteiger partial charge on any atom is -0.370 e. The van der Waals surface area contributed by atoms with Crippen molar-refractivity contribution < 1.29 is 4.79 Å². The van der Waals surface area contributed by atoms with Gasteiger partial charge in [-0.05, 0) is 43.2 Å². The summed E-state index contributed by atoms with van der Waals surface area (Å²) in [4.78, 5) is 17.4. The number of likely N-dealkylation sites (tertiary alicyclic amines) is 1. The molecule has 1 saturated carbocycles. The van der Waals surface area contributed by atoms with Gasteiger partial charge < -0.3 is 4.90 Å². The van der Waals surface area contributed by atoms with Crippen LogP contribution < -0.4 is 0 Å². The van der Waals surface area contributed by atoms with Crippen LogP contribution in [0.2, 0.25) is 0 Å². The fraction of sp³-hybridized carbons (Fsp3) is 0.444. The van der Waals surface area contributed by atoms with Crippen LogP contribution in [0.1, 0.15) is 43.4 Å². The van der Waals surface area contributed by atoms with Crippen LogP contribution in [0.15, 0.2) is 23.9 Å². The number of piperidine rings is 1. The Balaban J connectivity index is 1.94. The van der Waals surface area contributed by atoms with Gasteiger partial charge in [-0.2, -0.15) is 10.5 Å². The Hall–Kier alpha value is -2.66. The molecule has 2 fully saturated rings. The normalized spacial score (nSPS) is 20.0.